The molecule has 0 unspecified atom stereocenters. The Bertz CT molecular complexity index is 544. The van der Waals surface area contributed by atoms with Gasteiger partial charge in [0.1, 0.15) is 0 Å². The summed E-state index contributed by atoms with van der Waals surface area (Å²) in [5.74, 6) is 1.73. The smallest absolute Gasteiger partial charge is 0.188 e. The highest BCUT2D eigenvalue weighted by molar-refractivity contribution is 5.77. The highest BCUT2D eigenvalue weighted by atomic mass is 16.3. The molecule has 0 aromatic carbocycles. The first-order valence-electron chi connectivity index (χ1n) is 10.7. The zero-order chi connectivity index (χ0) is 20.2. The van der Waals surface area contributed by atoms with Crippen LogP contribution in [0.4, 0.5) is 0 Å². The predicted molar refractivity (Wildman–Crippen MR) is 113 cm³/mol. The first kappa shape index (κ1) is 22.2. The van der Waals surface area contributed by atoms with Crippen molar-refractivity contribution in [3.8, 4) is 0 Å². The van der Waals surface area contributed by atoms with Gasteiger partial charge in [-0.3, -0.25) is 4.99 Å². The number of rotatable bonds is 7. The van der Waals surface area contributed by atoms with E-state index in [1.165, 1.54) is 5.57 Å². The lowest BCUT2D eigenvalue weighted by Gasteiger charge is -2.37. The Labute approximate surface area is 165 Å². The SMILES string of the molecule is C=C(CCC(C)C)[C@H]1CC[C@@](C)(O)[C@H]2CC[C@@](O)(CCNC(N)=NC)[C@H]2C1. The quantitative estimate of drug-likeness (QED) is 0.310. The van der Waals surface area contributed by atoms with Crippen LogP contribution in [0.5, 0.6) is 0 Å². The van der Waals surface area contributed by atoms with Crippen molar-refractivity contribution in [1.82, 2.24) is 5.32 Å². The Hall–Kier alpha value is -1.07. The molecule has 5 nitrogen and oxygen atoms in total. The summed E-state index contributed by atoms with van der Waals surface area (Å²) in [6.45, 7) is 11.4. The molecule has 0 aliphatic heterocycles. The van der Waals surface area contributed by atoms with Crippen LogP contribution >= 0.6 is 0 Å². The minimum absolute atomic E-state index is 0.109. The molecular weight excluding hydrogens is 338 g/mol. The monoisotopic (exact) mass is 379 g/mol. The topological polar surface area (TPSA) is 90.9 Å². The highest BCUT2D eigenvalue weighted by Crippen LogP contribution is 2.54. The fourth-order valence-electron chi connectivity index (χ4n) is 5.22. The molecule has 2 aliphatic carbocycles. The highest BCUT2D eigenvalue weighted by Gasteiger charge is 2.54. The van der Waals surface area contributed by atoms with E-state index >= 15 is 0 Å². The molecule has 0 spiro atoms. The summed E-state index contributed by atoms with van der Waals surface area (Å²) in [4.78, 5) is 3.91. The Morgan fingerprint density at radius 2 is 1.96 bits per heavy atom. The van der Waals surface area contributed by atoms with E-state index in [-0.39, 0.29) is 11.8 Å². The summed E-state index contributed by atoms with van der Waals surface area (Å²) in [5, 5.41) is 25.7. The molecule has 2 rings (SSSR count). The Morgan fingerprint density at radius 3 is 2.59 bits per heavy atom. The number of guanidine groups is 1. The lowest BCUT2D eigenvalue weighted by atomic mass is 9.74. The van der Waals surface area contributed by atoms with Gasteiger partial charge in [-0.25, -0.2) is 0 Å². The molecule has 0 aromatic rings. The average Bonchev–Trinajstić information content (AvgIpc) is 2.85. The van der Waals surface area contributed by atoms with Crippen molar-refractivity contribution < 1.29 is 10.2 Å². The third kappa shape index (κ3) is 5.47. The normalized spacial score (nSPS) is 37.1. The van der Waals surface area contributed by atoms with Gasteiger partial charge < -0.3 is 21.3 Å². The summed E-state index contributed by atoms with van der Waals surface area (Å²) < 4.78 is 0. The molecule has 27 heavy (non-hydrogen) atoms. The van der Waals surface area contributed by atoms with Crippen LogP contribution in [-0.2, 0) is 0 Å². The molecule has 2 fully saturated rings. The first-order valence-corrected chi connectivity index (χ1v) is 10.7. The van der Waals surface area contributed by atoms with Crippen molar-refractivity contribution >= 4 is 5.96 Å². The number of nitrogens with zero attached hydrogens (tertiary/aromatic N) is 1. The van der Waals surface area contributed by atoms with Crippen LogP contribution < -0.4 is 11.1 Å². The molecule has 0 saturated heterocycles. The van der Waals surface area contributed by atoms with Crippen molar-refractivity contribution in [3.63, 3.8) is 0 Å². The van der Waals surface area contributed by atoms with Gasteiger partial charge in [-0.1, -0.05) is 26.0 Å². The number of nitrogens with two attached hydrogens (primary N) is 1. The number of nitrogens with one attached hydrogen (secondary N) is 1. The van der Waals surface area contributed by atoms with Crippen LogP contribution in [0.25, 0.3) is 0 Å². The van der Waals surface area contributed by atoms with E-state index in [0.29, 0.717) is 30.8 Å². The molecule has 5 N–H and O–H groups in total. The van der Waals surface area contributed by atoms with Crippen LogP contribution in [0, 0.1) is 23.7 Å². The van der Waals surface area contributed by atoms with E-state index in [2.05, 4.69) is 30.7 Å². The fourth-order valence-corrected chi connectivity index (χ4v) is 5.22. The molecule has 5 atom stereocenters. The number of aliphatic imine (C=N–C) groups is 1. The minimum Gasteiger partial charge on any atom is -0.390 e. The standard InChI is InChI=1S/C22H41N3O2/c1-15(2)6-7-16(3)17-8-10-21(4,26)18-9-11-22(27,19(18)14-17)12-13-25-20(23)24-5/h15,17-19,26-27H,3,6-14H2,1-2,4-5H3,(H3,23,24,25)/t17-,18-,19-,21+,22+/m0/s1. The van der Waals surface area contributed by atoms with E-state index in [0.717, 1.165) is 44.9 Å². The Kier molecular flexibility index (Phi) is 7.37. The molecule has 0 radical (unpaired) electrons. The van der Waals surface area contributed by atoms with Crippen LogP contribution in [0.3, 0.4) is 0 Å². The molecule has 5 heteroatoms. The first-order chi connectivity index (χ1) is 12.6. The lowest BCUT2D eigenvalue weighted by Crippen LogP contribution is -2.44. The number of aliphatic hydroxyl groups is 2. The van der Waals surface area contributed by atoms with E-state index in [1.54, 1.807) is 7.05 Å². The predicted octanol–water partition coefficient (Wildman–Crippen LogP) is 3.21. The van der Waals surface area contributed by atoms with E-state index in [1.807, 2.05) is 6.92 Å². The number of hydrogen-bond acceptors (Lipinski definition) is 3. The maximum Gasteiger partial charge on any atom is 0.188 e. The van der Waals surface area contributed by atoms with Gasteiger partial charge in [-0.2, -0.15) is 0 Å². The van der Waals surface area contributed by atoms with E-state index in [4.69, 9.17) is 5.73 Å². The largest absolute Gasteiger partial charge is 0.390 e. The van der Waals surface area contributed by atoms with Gasteiger partial charge in [0.2, 0.25) is 0 Å². The van der Waals surface area contributed by atoms with Gasteiger partial charge in [-0.15, -0.1) is 0 Å². The summed E-state index contributed by atoms with van der Waals surface area (Å²) in [6, 6.07) is 0. The maximum absolute atomic E-state index is 11.5. The third-order valence-electron chi connectivity index (χ3n) is 7.13. The molecule has 156 valence electrons. The minimum atomic E-state index is -0.753. The second-order valence-electron chi connectivity index (χ2n) is 9.56. The number of hydrogen-bond donors (Lipinski definition) is 4. The summed E-state index contributed by atoms with van der Waals surface area (Å²) in [5.41, 5.74) is 5.56. The van der Waals surface area contributed by atoms with E-state index < -0.39 is 11.2 Å². The summed E-state index contributed by atoms with van der Waals surface area (Å²) >= 11 is 0. The molecule has 0 aromatic heterocycles. The van der Waals surface area contributed by atoms with Gasteiger partial charge in [0.05, 0.1) is 11.2 Å². The van der Waals surface area contributed by atoms with Crippen LogP contribution in [0.15, 0.2) is 17.1 Å². The maximum atomic E-state index is 11.5. The van der Waals surface area contributed by atoms with Crippen molar-refractivity contribution in [2.24, 2.45) is 34.4 Å². The second-order valence-corrected chi connectivity index (χ2v) is 9.56. The van der Waals surface area contributed by atoms with Crippen LogP contribution in [0.2, 0.25) is 0 Å². The van der Waals surface area contributed by atoms with E-state index in [9.17, 15) is 10.2 Å². The fraction of sp³-hybridized carbons (Fsp3) is 0.864. The van der Waals surface area contributed by atoms with Gasteiger partial charge in [0, 0.05) is 13.6 Å². The zero-order valence-electron chi connectivity index (χ0n) is 17.8. The van der Waals surface area contributed by atoms with Crippen LogP contribution in [0.1, 0.15) is 72.1 Å². The molecule has 0 amide bonds. The number of allylic oxidation sites excluding steroid dienone is 1. The molecule has 2 saturated carbocycles. The molecular formula is C22H41N3O2. The van der Waals surface area contributed by atoms with Crippen molar-refractivity contribution in [2.75, 3.05) is 13.6 Å². The molecule has 0 heterocycles. The zero-order valence-corrected chi connectivity index (χ0v) is 17.8. The average molecular weight is 380 g/mol. The summed E-state index contributed by atoms with van der Waals surface area (Å²) in [6.07, 6.45) is 7.17. The van der Waals surface area contributed by atoms with Crippen molar-refractivity contribution in [3.05, 3.63) is 12.2 Å². The molecule has 0 bridgehead atoms. The van der Waals surface area contributed by atoms with Gasteiger partial charge in [0.15, 0.2) is 5.96 Å². The summed E-state index contributed by atoms with van der Waals surface area (Å²) in [7, 11) is 1.65. The lowest BCUT2D eigenvalue weighted by molar-refractivity contribution is -0.0642. The Balaban J connectivity index is 2.11. The van der Waals surface area contributed by atoms with Crippen LogP contribution in [-0.4, -0.2) is 41.0 Å². The molecule has 2 aliphatic rings. The van der Waals surface area contributed by atoms with Crippen molar-refractivity contribution in [2.45, 2.75) is 83.3 Å². The van der Waals surface area contributed by atoms with Gasteiger partial charge >= 0.3 is 0 Å². The second kappa shape index (κ2) is 8.95. The van der Waals surface area contributed by atoms with Gasteiger partial charge in [-0.05, 0) is 82.0 Å². The Morgan fingerprint density at radius 1 is 1.26 bits per heavy atom. The van der Waals surface area contributed by atoms with Gasteiger partial charge in [0.25, 0.3) is 0 Å². The number of fused-ring (bicyclic) bond motifs is 1. The third-order valence-corrected chi connectivity index (χ3v) is 7.13. The van der Waals surface area contributed by atoms with Crippen molar-refractivity contribution in [1.29, 1.82) is 0 Å².